The number of oxazole rings is 1. The summed E-state index contributed by atoms with van der Waals surface area (Å²) in [5.41, 5.74) is 3.62. The Morgan fingerprint density at radius 2 is 1.31 bits per heavy atom. The topological polar surface area (TPSA) is 26.0 Å². The number of hydrogen-bond donors (Lipinski definition) is 0. The number of fused-ring (bicyclic) bond motifs is 1. The van der Waals surface area contributed by atoms with E-state index < -0.39 is 0 Å². The van der Waals surface area contributed by atoms with Crippen LogP contribution in [0.2, 0.25) is 0 Å². The highest BCUT2D eigenvalue weighted by Gasteiger charge is 2.48. The van der Waals surface area contributed by atoms with Gasteiger partial charge in [-0.15, -0.1) is 6.58 Å². The molecule has 0 N–H and O–H groups in total. The van der Waals surface area contributed by atoms with E-state index in [2.05, 4.69) is 81.1 Å². The standard InChI is InChI=1S/C27H27NO/c1-4-26(2,3)27(19-21-13-7-5-8-14-21,20-22-15-9-6-10-16-22)25-28-23-17-11-12-18-24(23)29-25/h4-18H,1,19-20H2,2-3H3. The predicted molar refractivity (Wildman–Crippen MR) is 120 cm³/mol. The summed E-state index contributed by atoms with van der Waals surface area (Å²) >= 11 is 0. The van der Waals surface area contributed by atoms with E-state index in [0.717, 1.165) is 29.8 Å². The van der Waals surface area contributed by atoms with Gasteiger partial charge in [0.15, 0.2) is 5.58 Å². The number of nitrogens with zero attached hydrogens (tertiary/aromatic N) is 1. The van der Waals surface area contributed by atoms with Crippen LogP contribution in [0.15, 0.2) is 102 Å². The van der Waals surface area contributed by atoms with Crippen molar-refractivity contribution < 1.29 is 4.42 Å². The molecule has 0 amide bonds. The Labute approximate surface area is 172 Å². The minimum atomic E-state index is -0.378. The van der Waals surface area contributed by atoms with Gasteiger partial charge in [0.05, 0.1) is 5.41 Å². The van der Waals surface area contributed by atoms with Crippen LogP contribution in [0, 0.1) is 5.41 Å². The average molecular weight is 382 g/mol. The van der Waals surface area contributed by atoms with Crippen molar-refractivity contribution in [3.05, 3.63) is 115 Å². The first-order valence-electron chi connectivity index (χ1n) is 10.1. The van der Waals surface area contributed by atoms with Gasteiger partial charge < -0.3 is 4.42 Å². The summed E-state index contributed by atoms with van der Waals surface area (Å²) in [6, 6.07) is 29.2. The largest absolute Gasteiger partial charge is 0.440 e. The van der Waals surface area contributed by atoms with E-state index in [1.54, 1.807) is 0 Å². The maximum Gasteiger partial charge on any atom is 0.203 e. The monoisotopic (exact) mass is 381 g/mol. The van der Waals surface area contributed by atoms with Crippen LogP contribution in [0.5, 0.6) is 0 Å². The first-order chi connectivity index (χ1) is 14.0. The van der Waals surface area contributed by atoms with Gasteiger partial charge in [-0.25, -0.2) is 4.98 Å². The second-order valence-corrected chi connectivity index (χ2v) is 8.32. The molecule has 29 heavy (non-hydrogen) atoms. The van der Waals surface area contributed by atoms with Crippen molar-refractivity contribution in [1.29, 1.82) is 0 Å². The van der Waals surface area contributed by atoms with Crippen molar-refractivity contribution in [2.45, 2.75) is 32.1 Å². The molecule has 0 spiro atoms. The number of allylic oxidation sites excluding steroid dienone is 1. The summed E-state index contributed by atoms with van der Waals surface area (Å²) in [5.74, 6) is 0.774. The molecule has 2 nitrogen and oxygen atoms in total. The average Bonchev–Trinajstić information content (AvgIpc) is 3.19. The normalized spacial score (nSPS) is 12.2. The molecule has 0 aliphatic rings. The van der Waals surface area contributed by atoms with Crippen molar-refractivity contribution in [3.8, 4) is 0 Å². The smallest absolute Gasteiger partial charge is 0.203 e. The molecule has 4 aromatic rings. The van der Waals surface area contributed by atoms with Crippen LogP contribution >= 0.6 is 0 Å². The molecule has 3 aromatic carbocycles. The van der Waals surface area contributed by atoms with Gasteiger partial charge in [0, 0.05) is 0 Å². The van der Waals surface area contributed by atoms with Crippen LogP contribution in [0.3, 0.4) is 0 Å². The summed E-state index contributed by atoms with van der Waals surface area (Å²) in [6.45, 7) is 8.67. The summed E-state index contributed by atoms with van der Waals surface area (Å²) < 4.78 is 6.41. The van der Waals surface area contributed by atoms with Crippen molar-refractivity contribution in [2.24, 2.45) is 5.41 Å². The van der Waals surface area contributed by atoms with Crippen LogP contribution in [-0.2, 0) is 18.3 Å². The minimum Gasteiger partial charge on any atom is -0.440 e. The third-order valence-corrected chi connectivity index (χ3v) is 6.14. The first-order valence-corrected chi connectivity index (χ1v) is 10.1. The number of hydrogen-bond acceptors (Lipinski definition) is 2. The van der Waals surface area contributed by atoms with Gasteiger partial charge in [0.25, 0.3) is 0 Å². The summed E-state index contributed by atoms with van der Waals surface area (Å²) in [6.07, 6.45) is 3.68. The number of aromatic nitrogens is 1. The zero-order valence-electron chi connectivity index (χ0n) is 17.1. The molecule has 0 unspecified atom stereocenters. The Kier molecular flexibility index (Phi) is 5.10. The SMILES string of the molecule is C=CC(C)(C)C(Cc1ccccc1)(Cc1ccccc1)c1nc2ccccc2o1. The molecule has 0 saturated heterocycles. The van der Waals surface area contributed by atoms with Crippen LogP contribution in [-0.4, -0.2) is 4.98 Å². The Balaban J connectivity index is 1.94. The molecule has 0 radical (unpaired) electrons. The van der Waals surface area contributed by atoms with E-state index in [-0.39, 0.29) is 10.8 Å². The summed E-state index contributed by atoms with van der Waals surface area (Å²) in [4.78, 5) is 4.98. The van der Waals surface area contributed by atoms with Crippen molar-refractivity contribution >= 4 is 11.1 Å². The molecule has 0 bridgehead atoms. The summed E-state index contributed by atoms with van der Waals surface area (Å²) in [5, 5.41) is 0. The summed E-state index contributed by atoms with van der Waals surface area (Å²) in [7, 11) is 0. The van der Waals surface area contributed by atoms with E-state index in [0.29, 0.717) is 0 Å². The van der Waals surface area contributed by atoms with Gasteiger partial charge in [-0.2, -0.15) is 0 Å². The van der Waals surface area contributed by atoms with E-state index in [9.17, 15) is 0 Å². The Morgan fingerprint density at radius 1 is 0.793 bits per heavy atom. The second kappa shape index (κ2) is 7.71. The lowest BCUT2D eigenvalue weighted by molar-refractivity contribution is 0.172. The third kappa shape index (κ3) is 3.63. The van der Waals surface area contributed by atoms with Gasteiger partial charge in [0.2, 0.25) is 5.89 Å². The van der Waals surface area contributed by atoms with Gasteiger partial charge in [0.1, 0.15) is 5.52 Å². The van der Waals surface area contributed by atoms with Gasteiger partial charge in [-0.1, -0.05) is 92.7 Å². The Bertz CT molecular complexity index is 1020. The van der Waals surface area contributed by atoms with E-state index in [4.69, 9.17) is 9.40 Å². The molecule has 146 valence electrons. The fourth-order valence-electron chi connectivity index (χ4n) is 4.11. The molecular weight excluding hydrogens is 354 g/mol. The maximum atomic E-state index is 6.41. The van der Waals surface area contributed by atoms with E-state index in [1.165, 1.54) is 11.1 Å². The molecular formula is C27H27NO. The lowest BCUT2D eigenvalue weighted by Gasteiger charge is -2.43. The van der Waals surface area contributed by atoms with E-state index >= 15 is 0 Å². The molecule has 0 aliphatic heterocycles. The fourth-order valence-corrected chi connectivity index (χ4v) is 4.11. The van der Waals surface area contributed by atoms with Crippen molar-refractivity contribution in [2.75, 3.05) is 0 Å². The Hall–Kier alpha value is -3.13. The van der Waals surface area contributed by atoms with Crippen molar-refractivity contribution in [1.82, 2.24) is 4.98 Å². The number of benzene rings is 3. The van der Waals surface area contributed by atoms with Crippen LogP contribution < -0.4 is 0 Å². The molecule has 2 heteroatoms. The quantitative estimate of drug-likeness (QED) is 0.330. The zero-order chi connectivity index (χ0) is 20.3. The number of rotatable bonds is 7. The lowest BCUT2D eigenvalue weighted by atomic mass is 9.59. The fraction of sp³-hybridized carbons (Fsp3) is 0.222. The van der Waals surface area contributed by atoms with Crippen LogP contribution in [0.1, 0.15) is 30.9 Å². The third-order valence-electron chi connectivity index (χ3n) is 6.14. The van der Waals surface area contributed by atoms with Gasteiger partial charge in [-0.05, 0) is 41.5 Å². The highest BCUT2D eigenvalue weighted by molar-refractivity contribution is 5.72. The van der Waals surface area contributed by atoms with E-state index in [1.807, 2.05) is 30.3 Å². The first kappa shape index (κ1) is 19.2. The van der Waals surface area contributed by atoms with Crippen molar-refractivity contribution in [3.63, 3.8) is 0 Å². The Morgan fingerprint density at radius 3 is 1.83 bits per heavy atom. The zero-order valence-corrected chi connectivity index (χ0v) is 17.1. The lowest BCUT2D eigenvalue weighted by Crippen LogP contribution is -2.45. The van der Waals surface area contributed by atoms with Crippen LogP contribution in [0.25, 0.3) is 11.1 Å². The van der Waals surface area contributed by atoms with Gasteiger partial charge in [-0.3, -0.25) is 0 Å². The van der Waals surface area contributed by atoms with Gasteiger partial charge >= 0.3 is 0 Å². The molecule has 0 fully saturated rings. The highest BCUT2D eigenvalue weighted by atomic mass is 16.3. The molecule has 4 rings (SSSR count). The minimum absolute atomic E-state index is 0.250. The predicted octanol–water partition coefficient (Wildman–Crippen LogP) is 6.76. The molecule has 0 atom stereocenters. The number of para-hydroxylation sites is 2. The molecule has 0 saturated carbocycles. The molecule has 0 aliphatic carbocycles. The molecule has 1 heterocycles. The maximum absolute atomic E-state index is 6.41. The molecule has 1 aromatic heterocycles. The highest BCUT2D eigenvalue weighted by Crippen LogP contribution is 2.48. The van der Waals surface area contributed by atoms with Crippen LogP contribution in [0.4, 0.5) is 0 Å². The second-order valence-electron chi connectivity index (χ2n) is 8.32.